The molecule has 0 spiro atoms. The number of ether oxygens (including phenoxy) is 1. The summed E-state index contributed by atoms with van der Waals surface area (Å²) in [6, 6.07) is 5.96. The Kier molecular flexibility index (Phi) is 5.54. The van der Waals surface area contributed by atoms with Crippen LogP contribution >= 0.6 is 0 Å². The van der Waals surface area contributed by atoms with Crippen LogP contribution in [0.3, 0.4) is 0 Å². The normalized spacial score (nSPS) is 12.4. The highest BCUT2D eigenvalue weighted by atomic mass is 16.5. The van der Waals surface area contributed by atoms with E-state index in [2.05, 4.69) is 53.9 Å². The van der Waals surface area contributed by atoms with Gasteiger partial charge in [0, 0.05) is 6.20 Å². The number of pyridine rings is 1. The average Bonchev–Trinajstić information content (AvgIpc) is 3.08. The number of aryl methyl sites for hydroxylation is 2. The van der Waals surface area contributed by atoms with E-state index >= 15 is 0 Å². The highest BCUT2D eigenvalue weighted by Gasteiger charge is 2.15. The first-order valence-corrected chi connectivity index (χ1v) is 9.28. The van der Waals surface area contributed by atoms with Gasteiger partial charge in [0.15, 0.2) is 0 Å². The molecule has 0 amide bonds. The van der Waals surface area contributed by atoms with Crippen LogP contribution in [0.2, 0.25) is 0 Å². The topological polar surface area (TPSA) is 65.7 Å². The minimum absolute atomic E-state index is 0.529. The molecule has 3 aromatic heterocycles. The van der Waals surface area contributed by atoms with E-state index < -0.39 is 0 Å². The summed E-state index contributed by atoms with van der Waals surface area (Å²) in [6.45, 7) is 10.8. The lowest BCUT2D eigenvalue weighted by Crippen LogP contribution is -2.11. The lowest BCUT2D eigenvalue weighted by atomic mass is 9.92. The smallest absolute Gasteiger partial charge is 0.238 e. The molecule has 142 valence electrons. The predicted molar refractivity (Wildman–Crippen MR) is 106 cm³/mol. The van der Waals surface area contributed by atoms with Gasteiger partial charge in [-0.15, -0.1) is 5.10 Å². The average molecular weight is 365 g/mol. The van der Waals surface area contributed by atoms with Crippen molar-refractivity contribution in [3.05, 3.63) is 47.7 Å². The molecule has 0 N–H and O–H groups in total. The first kappa shape index (κ1) is 19.0. The number of aromatic nitrogens is 5. The van der Waals surface area contributed by atoms with Crippen molar-refractivity contribution in [2.75, 3.05) is 7.11 Å². The number of imidazole rings is 1. The Morgan fingerprint density at radius 1 is 1.07 bits per heavy atom. The van der Waals surface area contributed by atoms with Crippen LogP contribution in [0.5, 0.6) is 5.88 Å². The molecule has 6 nitrogen and oxygen atoms in total. The van der Waals surface area contributed by atoms with Gasteiger partial charge in [0.25, 0.3) is 0 Å². The molecule has 0 aromatic carbocycles. The van der Waals surface area contributed by atoms with Crippen molar-refractivity contribution < 1.29 is 4.74 Å². The molecule has 0 radical (unpaired) electrons. The zero-order valence-corrected chi connectivity index (χ0v) is 16.9. The van der Waals surface area contributed by atoms with Gasteiger partial charge in [0.05, 0.1) is 30.5 Å². The van der Waals surface area contributed by atoms with Crippen molar-refractivity contribution in [1.29, 1.82) is 0 Å². The van der Waals surface area contributed by atoms with E-state index in [-0.39, 0.29) is 0 Å². The van der Waals surface area contributed by atoms with E-state index in [1.54, 1.807) is 13.4 Å². The van der Waals surface area contributed by atoms with Crippen LogP contribution in [0.4, 0.5) is 0 Å². The molecule has 3 aromatic rings. The van der Waals surface area contributed by atoms with E-state index in [4.69, 9.17) is 4.74 Å². The third-order valence-corrected chi connectivity index (χ3v) is 5.03. The van der Waals surface area contributed by atoms with E-state index in [0.29, 0.717) is 17.7 Å². The van der Waals surface area contributed by atoms with Crippen LogP contribution in [-0.2, 0) is 6.42 Å². The van der Waals surface area contributed by atoms with Crippen molar-refractivity contribution >= 4 is 0 Å². The van der Waals surface area contributed by atoms with Gasteiger partial charge in [-0.1, -0.05) is 20.8 Å². The van der Waals surface area contributed by atoms with Crippen LogP contribution in [0.25, 0.3) is 17.1 Å². The monoisotopic (exact) mass is 365 g/mol. The Bertz CT molecular complexity index is 932. The number of methoxy groups -OCH3 is 1. The van der Waals surface area contributed by atoms with Crippen LogP contribution in [-0.4, -0.2) is 31.8 Å². The van der Waals surface area contributed by atoms with Crippen LogP contribution in [0.1, 0.15) is 37.7 Å². The number of hydrogen-bond donors (Lipinski definition) is 0. The molecular weight excluding hydrogens is 338 g/mol. The minimum atomic E-state index is 0.529. The van der Waals surface area contributed by atoms with Gasteiger partial charge >= 0.3 is 0 Å². The summed E-state index contributed by atoms with van der Waals surface area (Å²) in [5, 5.41) is 8.89. The van der Waals surface area contributed by atoms with Crippen molar-refractivity contribution in [3.63, 3.8) is 0 Å². The molecule has 27 heavy (non-hydrogen) atoms. The Morgan fingerprint density at radius 3 is 2.44 bits per heavy atom. The quantitative estimate of drug-likeness (QED) is 0.655. The molecular formula is C21H27N5O. The highest BCUT2D eigenvalue weighted by Crippen LogP contribution is 2.26. The maximum atomic E-state index is 5.50. The molecule has 0 fully saturated rings. The van der Waals surface area contributed by atoms with Gasteiger partial charge in [-0.3, -0.25) is 0 Å². The molecule has 0 bridgehead atoms. The Hall–Kier alpha value is -2.76. The number of rotatable bonds is 6. The van der Waals surface area contributed by atoms with E-state index in [0.717, 1.165) is 40.4 Å². The first-order valence-electron chi connectivity index (χ1n) is 9.28. The van der Waals surface area contributed by atoms with Gasteiger partial charge in [-0.2, -0.15) is 5.10 Å². The third kappa shape index (κ3) is 4.15. The van der Waals surface area contributed by atoms with Crippen LogP contribution in [0.15, 0.2) is 30.7 Å². The summed E-state index contributed by atoms with van der Waals surface area (Å²) in [7, 11) is 1.62. The summed E-state index contributed by atoms with van der Waals surface area (Å²) in [5.74, 6) is 1.72. The third-order valence-electron chi connectivity index (χ3n) is 5.03. The first-order chi connectivity index (χ1) is 12.9. The molecule has 3 rings (SSSR count). The standard InChI is InChI=1S/C21H27N5O/c1-13(2)14(3)9-18-15(4)10-19(25-24-18)17-7-8-20(21(23-17)27-6)26-11-16(5)22-12-26/h7-8,10-14H,9H2,1-6H3/t14-/m1/s1. The van der Waals surface area contributed by atoms with E-state index in [9.17, 15) is 0 Å². The molecule has 6 heteroatoms. The van der Waals surface area contributed by atoms with Gasteiger partial charge in [0.1, 0.15) is 11.4 Å². The SMILES string of the molecule is COc1nc(-c2cc(C)c(C[C@@H](C)C(C)C)nn2)ccc1-n1cnc(C)c1. The van der Waals surface area contributed by atoms with E-state index in [1.807, 2.05) is 29.8 Å². The van der Waals surface area contributed by atoms with Crippen LogP contribution in [0, 0.1) is 25.7 Å². The minimum Gasteiger partial charge on any atom is -0.479 e. The molecule has 0 saturated heterocycles. The van der Waals surface area contributed by atoms with Crippen molar-refractivity contribution in [3.8, 4) is 23.0 Å². The van der Waals surface area contributed by atoms with Gasteiger partial charge < -0.3 is 9.30 Å². The largest absolute Gasteiger partial charge is 0.479 e. The Balaban J connectivity index is 1.91. The summed E-state index contributed by atoms with van der Waals surface area (Å²) in [4.78, 5) is 8.90. The van der Waals surface area contributed by atoms with E-state index in [1.165, 1.54) is 0 Å². The second-order valence-corrected chi connectivity index (χ2v) is 7.43. The fraction of sp³-hybridized carbons (Fsp3) is 0.429. The fourth-order valence-electron chi connectivity index (χ4n) is 2.85. The molecule has 0 aliphatic carbocycles. The molecule has 3 heterocycles. The molecule has 0 aliphatic rings. The lowest BCUT2D eigenvalue weighted by molar-refractivity contribution is 0.396. The molecule has 0 saturated carbocycles. The van der Waals surface area contributed by atoms with Crippen molar-refractivity contribution in [1.82, 2.24) is 24.7 Å². The van der Waals surface area contributed by atoms with Crippen molar-refractivity contribution in [2.45, 2.75) is 41.0 Å². The summed E-state index contributed by atoms with van der Waals surface area (Å²) < 4.78 is 7.40. The summed E-state index contributed by atoms with van der Waals surface area (Å²) in [5.41, 5.74) is 5.47. The number of nitrogens with zero attached hydrogens (tertiary/aromatic N) is 5. The molecule has 0 unspecified atom stereocenters. The molecule has 1 atom stereocenters. The zero-order valence-electron chi connectivity index (χ0n) is 16.9. The lowest BCUT2D eigenvalue weighted by Gasteiger charge is -2.16. The predicted octanol–water partition coefficient (Wildman–Crippen LogP) is 4.18. The zero-order chi connectivity index (χ0) is 19.6. The van der Waals surface area contributed by atoms with Crippen molar-refractivity contribution in [2.24, 2.45) is 11.8 Å². The maximum Gasteiger partial charge on any atom is 0.238 e. The Morgan fingerprint density at radius 2 is 1.85 bits per heavy atom. The van der Waals surface area contributed by atoms with Gasteiger partial charge in [-0.25, -0.2) is 9.97 Å². The molecule has 0 aliphatic heterocycles. The second kappa shape index (κ2) is 7.86. The Labute approximate surface area is 160 Å². The number of hydrogen-bond acceptors (Lipinski definition) is 5. The van der Waals surface area contributed by atoms with Crippen LogP contribution < -0.4 is 4.74 Å². The maximum absolute atomic E-state index is 5.50. The second-order valence-electron chi connectivity index (χ2n) is 7.43. The summed E-state index contributed by atoms with van der Waals surface area (Å²) >= 11 is 0. The fourth-order valence-corrected chi connectivity index (χ4v) is 2.85. The summed E-state index contributed by atoms with van der Waals surface area (Å²) in [6.07, 6.45) is 4.63. The highest BCUT2D eigenvalue weighted by molar-refractivity contribution is 5.59. The van der Waals surface area contributed by atoms with Gasteiger partial charge in [-0.05, 0) is 55.9 Å². The van der Waals surface area contributed by atoms with Gasteiger partial charge in [0.2, 0.25) is 5.88 Å².